The minimum Gasteiger partial charge on any atom is -0.493 e. The Bertz CT molecular complexity index is 997. The van der Waals surface area contributed by atoms with Crippen molar-refractivity contribution < 1.29 is 27.2 Å². The second kappa shape index (κ2) is 6.42. The van der Waals surface area contributed by atoms with Crippen LogP contribution in [-0.2, 0) is 12.6 Å². The number of carbonyl (C=O) groups excluding carboxylic acids is 1. The average molecular weight is 375 g/mol. The second-order valence-electron chi connectivity index (χ2n) is 5.87. The van der Waals surface area contributed by atoms with Crippen LogP contribution in [0.15, 0.2) is 47.0 Å². The first-order valence-corrected chi connectivity index (χ1v) is 7.98. The Balaban J connectivity index is 1.48. The summed E-state index contributed by atoms with van der Waals surface area (Å²) in [4.78, 5) is 15.7. The fourth-order valence-corrected chi connectivity index (χ4v) is 2.69. The normalized spacial score (nSPS) is 13.1. The molecule has 2 heterocycles. The lowest BCUT2D eigenvalue weighted by atomic mass is 10.1. The van der Waals surface area contributed by atoms with Gasteiger partial charge >= 0.3 is 12.1 Å². The first kappa shape index (κ1) is 17.1. The lowest BCUT2D eigenvalue weighted by molar-refractivity contribution is -0.159. The molecule has 0 saturated carbocycles. The van der Waals surface area contributed by atoms with Crippen molar-refractivity contribution in [3.63, 3.8) is 0 Å². The van der Waals surface area contributed by atoms with E-state index in [1.807, 2.05) is 6.07 Å². The molecule has 1 aromatic heterocycles. The van der Waals surface area contributed by atoms with Gasteiger partial charge in [-0.25, -0.2) is 0 Å². The first-order valence-electron chi connectivity index (χ1n) is 7.98. The zero-order chi connectivity index (χ0) is 19.0. The highest BCUT2D eigenvalue weighted by Crippen LogP contribution is 2.30. The minimum atomic E-state index is -4.70. The van der Waals surface area contributed by atoms with Crippen molar-refractivity contribution in [2.45, 2.75) is 12.6 Å². The molecule has 0 saturated heterocycles. The maximum Gasteiger partial charge on any atom is 0.471 e. The van der Waals surface area contributed by atoms with E-state index in [1.54, 1.807) is 12.1 Å². The van der Waals surface area contributed by atoms with E-state index in [9.17, 15) is 18.0 Å². The monoisotopic (exact) mass is 375 g/mol. The molecule has 0 radical (unpaired) electrons. The van der Waals surface area contributed by atoms with Crippen LogP contribution in [0.3, 0.4) is 0 Å². The summed E-state index contributed by atoms with van der Waals surface area (Å²) in [6.07, 6.45) is -3.91. The highest BCUT2D eigenvalue weighted by atomic mass is 19.4. The summed E-state index contributed by atoms with van der Waals surface area (Å²) in [7, 11) is 0. The van der Waals surface area contributed by atoms with E-state index >= 15 is 0 Å². The van der Waals surface area contributed by atoms with Gasteiger partial charge in [0.25, 0.3) is 5.91 Å². The highest BCUT2D eigenvalue weighted by molar-refractivity contribution is 6.04. The van der Waals surface area contributed by atoms with E-state index in [0.29, 0.717) is 23.4 Å². The van der Waals surface area contributed by atoms with E-state index < -0.39 is 12.1 Å². The number of nitrogens with one attached hydrogen (secondary N) is 1. The lowest BCUT2D eigenvalue weighted by Gasteiger charge is -2.07. The molecule has 0 atom stereocenters. The van der Waals surface area contributed by atoms with Crippen LogP contribution < -0.4 is 10.1 Å². The number of aromatic nitrogens is 2. The summed E-state index contributed by atoms with van der Waals surface area (Å²) >= 11 is 0. The Morgan fingerprint density at radius 2 is 1.89 bits per heavy atom. The fraction of sp³-hybridized carbons (Fsp3) is 0.167. The molecule has 1 aliphatic heterocycles. The minimum absolute atomic E-state index is 0.201. The Hall–Kier alpha value is -3.36. The van der Waals surface area contributed by atoms with Gasteiger partial charge in [0, 0.05) is 23.2 Å². The van der Waals surface area contributed by atoms with Crippen molar-refractivity contribution in [2.75, 3.05) is 11.9 Å². The summed E-state index contributed by atoms with van der Waals surface area (Å²) < 4.78 is 47.2. The van der Waals surface area contributed by atoms with Gasteiger partial charge in [-0.1, -0.05) is 17.3 Å². The van der Waals surface area contributed by atoms with E-state index in [2.05, 4.69) is 20.0 Å². The van der Waals surface area contributed by atoms with Gasteiger partial charge in [0.05, 0.1) is 6.61 Å². The number of benzene rings is 2. The van der Waals surface area contributed by atoms with Gasteiger partial charge < -0.3 is 14.6 Å². The summed E-state index contributed by atoms with van der Waals surface area (Å²) in [5.41, 5.74) is 2.32. The molecule has 1 N–H and O–H groups in total. The molecular formula is C18H12F3N3O3. The number of halogens is 3. The number of nitrogens with zero attached hydrogens (tertiary/aromatic N) is 2. The van der Waals surface area contributed by atoms with Crippen LogP contribution in [0.1, 0.15) is 21.8 Å². The third kappa shape index (κ3) is 3.48. The molecule has 6 nitrogen and oxygen atoms in total. The number of hydrogen-bond acceptors (Lipinski definition) is 5. The maximum absolute atomic E-state index is 12.5. The third-order valence-electron chi connectivity index (χ3n) is 4.02. The Labute approximate surface area is 151 Å². The van der Waals surface area contributed by atoms with Crippen LogP contribution in [0, 0.1) is 0 Å². The van der Waals surface area contributed by atoms with Crippen molar-refractivity contribution in [2.24, 2.45) is 0 Å². The van der Waals surface area contributed by atoms with Gasteiger partial charge in [0.2, 0.25) is 5.82 Å². The average Bonchev–Trinajstić information content (AvgIpc) is 3.30. The van der Waals surface area contributed by atoms with Gasteiger partial charge in [0.15, 0.2) is 0 Å². The summed E-state index contributed by atoms with van der Waals surface area (Å²) in [6.45, 7) is 0.625. The number of anilines is 1. The lowest BCUT2D eigenvalue weighted by Crippen LogP contribution is -2.11. The zero-order valence-corrected chi connectivity index (χ0v) is 13.7. The van der Waals surface area contributed by atoms with E-state index in [1.165, 1.54) is 24.3 Å². The molecule has 0 spiro atoms. The predicted octanol–water partition coefficient (Wildman–Crippen LogP) is 3.94. The molecular weight excluding hydrogens is 363 g/mol. The van der Waals surface area contributed by atoms with Crippen LogP contribution in [0.5, 0.6) is 5.75 Å². The van der Waals surface area contributed by atoms with Crippen LogP contribution in [0.2, 0.25) is 0 Å². The quantitative estimate of drug-likeness (QED) is 0.750. The summed E-state index contributed by atoms with van der Waals surface area (Å²) in [5, 5.41) is 6.09. The van der Waals surface area contributed by atoms with Crippen LogP contribution >= 0.6 is 0 Å². The van der Waals surface area contributed by atoms with Crippen molar-refractivity contribution in [3.05, 3.63) is 59.5 Å². The van der Waals surface area contributed by atoms with Gasteiger partial charge in [-0.05, 0) is 35.9 Å². The van der Waals surface area contributed by atoms with Crippen molar-refractivity contribution >= 4 is 11.6 Å². The zero-order valence-electron chi connectivity index (χ0n) is 13.7. The number of fused-ring (bicyclic) bond motifs is 1. The predicted molar refractivity (Wildman–Crippen MR) is 88.3 cm³/mol. The number of carbonyl (C=O) groups is 1. The van der Waals surface area contributed by atoms with Gasteiger partial charge in [-0.3, -0.25) is 4.79 Å². The molecule has 27 heavy (non-hydrogen) atoms. The van der Waals surface area contributed by atoms with E-state index in [-0.39, 0.29) is 11.7 Å². The fourth-order valence-electron chi connectivity index (χ4n) is 2.69. The highest BCUT2D eigenvalue weighted by Gasteiger charge is 2.38. The van der Waals surface area contributed by atoms with Crippen molar-refractivity contribution in [3.8, 4) is 17.1 Å². The number of ether oxygens (including phenoxy) is 1. The standard InChI is InChI=1S/C18H12F3N3O3/c19-18(20,21)17-23-15(24-27-17)10-1-3-11(4-2-10)16(25)22-13-5-6-14-12(9-13)7-8-26-14/h1-6,9H,7-8H2,(H,22,25). The van der Waals surface area contributed by atoms with E-state index in [0.717, 1.165) is 17.7 Å². The maximum atomic E-state index is 12.5. The summed E-state index contributed by atoms with van der Waals surface area (Å²) in [6, 6.07) is 11.3. The largest absolute Gasteiger partial charge is 0.493 e. The molecule has 1 amide bonds. The second-order valence-corrected chi connectivity index (χ2v) is 5.87. The van der Waals surface area contributed by atoms with Crippen LogP contribution in [0.25, 0.3) is 11.4 Å². The Kier molecular flexibility index (Phi) is 4.06. The molecule has 0 unspecified atom stereocenters. The summed E-state index contributed by atoms with van der Waals surface area (Å²) in [5.74, 6) is -1.15. The molecule has 9 heteroatoms. The number of rotatable bonds is 3. The molecule has 3 aromatic rings. The van der Waals surface area contributed by atoms with Gasteiger partial charge in [0.1, 0.15) is 5.75 Å². The topological polar surface area (TPSA) is 77.2 Å². The molecule has 0 aliphatic carbocycles. The molecule has 0 bridgehead atoms. The number of hydrogen-bond donors (Lipinski definition) is 1. The van der Waals surface area contributed by atoms with Crippen molar-refractivity contribution in [1.82, 2.24) is 10.1 Å². The number of amides is 1. The van der Waals surface area contributed by atoms with Gasteiger partial charge in [-0.2, -0.15) is 18.2 Å². The number of alkyl halides is 3. The molecule has 138 valence electrons. The Morgan fingerprint density at radius 3 is 2.59 bits per heavy atom. The van der Waals surface area contributed by atoms with Gasteiger partial charge in [-0.15, -0.1) is 0 Å². The van der Waals surface area contributed by atoms with Crippen molar-refractivity contribution in [1.29, 1.82) is 0 Å². The molecule has 0 fully saturated rings. The molecule has 1 aliphatic rings. The van der Waals surface area contributed by atoms with Crippen LogP contribution in [-0.4, -0.2) is 22.7 Å². The SMILES string of the molecule is O=C(Nc1ccc2c(c1)CCO2)c1ccc(-c2noc(C(F)(F)F)n2)cc1. The first-order chi connectivity index (χ1) is 12.9. The Morgan fingerprint density at radius 1 is 1.11 bits per heavy atom. The molecule has 2 aromatic carbocycles. The van der Waals surface area contributed by atoms with E-state index in [4.69, 9.17) is 4.74 Å². The molecule has 4 rings (SSSR count). The smallest absolute Gasteiger partial charge is 0.471 e. The third-order valence-corrected chi connectivity index (χ3v) is 4.02. The van der Waals surface area contributed by atoms with Crippen LogP contribution in [0.4, 0.5) is 18.9 Å².